The summed E-state index contributed by atoms with van der Waals surface area (Å²) in [6, 6.07) is 6.18. The van der Waals surface area contributed by atoms with Gasteiger partial charge < -0.3 is 15.1 Å². The summed E-state index contributed by atoms with van der Waals surface area (Å²) >= 11 is 0. The smallest absolute Gasteiger partial charge is 0.253 e. The van der Waals surface area contributed by atoms with Crippen molar-refractivity contribution in [3.05, 3.63) is 35.6 Å². The predicted molar refractivity (Wildman–Crippen MR) is 113 cm³/mol. The molecule has 5 nitrogen and oxygen atoms in total. The van der Waals surface area contributed by atoms with Gasteiger partial charge in [-0.1, -0.05) is 0 Å². The topological polar surface area (TPSA) is 52.7 Å². The monoisotopic (exact) mass is 423 g/mol. The second kappa shape index (κ2) is 9.90. The molecule has 2 amide bonds. The van der Waals surface area contributed by atoms with Gasteiger partial charge in [0.2, 0.25) is 5.91 Å². The number of rotatable bonds is 5. The first kappa shape index (κ1) is 22.0. The van der Waals surface area contributed by atoms with Crippen molar-refractivity contribution in [2.75, 3.05) is 32.7 Å². The first-order valence-corrected chi connectivity index (χ1v) is 10.7. The Balaban J connectivity index is 0.00000240. The zero-order chi connectivity index (χ0) is 19.5. The van der Waals surface area contributed by atoms with Gasteiger partial charge in [-0.25, -0.2) is 4.39 Å². The minimum atomic E-state index is -0.349. The molecule has 3 fully saturated rings. The van der Waals surface area contributed by atoms with Crippen LogP contribution in [0.4, 0.5) is 4.39 Å². The Morgan fingerprint density at radius 3 is 2.31 bits per heavy atom. The van der Waals surface area contributed by atoms with Gasteiger partial charge in [-0.2, -0.15) is 0 Å². The molecule has 1 aromatic carbocycles. The minimum Gasteiger partial charge on any atom is -0.342 e. The van der Waals surface area contributed by atoms with E-state index in [9.17, 15) is 14.0 Å². The normalized spacial score (nSPS) is 22.9. The number of carbonyl (C=O) groups is 2. The van der Waals surface area contributed by atoms with Gasteiger partial charge in [0, 0.05) is 37.8 Å². The Labute approximate surface area is 178 Å². The van der Waals surface area contributed by atoms with E-state index in [2.05, 4.69) is 5.32 Å². The number of carbonyl (C=O) groups excluding carboxylic acids is 2. The van der Waals surface area contributed by atoms with Crippen molar-refractivity contribution >= 4 is 24.2 Å². The van der Waals surface area contributed by atoms with Gasteiger partial charge in [0.25, 0.3) is 5.91 Å². The van der Waals surface area contributed by atoms with Crippen LogP contribution in [0.2, 0.25) is 0 Å². The van der Waals surface area contributed by atoms with Crippen LogP contribution in [-0.4, -0.2) is 60.4 Å². The third-order valence-corrected chi connectivity index (χ3v) is 6.35. The molecule has 4 rings (SSSR count). The van der Waals surface area contributed by atoms with Gasteiger partial charge in [0.1, 0.15) is 5.82 Å². The molecule has 2 aliphatic heterocycles. The number of benzene rings is 1. The lowest BCUT2D eigenvalue weighted by atomic mass is 9.94. The van der Waals surface area contributed by atoms with Gasteiger partial charge in [0.15, 0.2) is 0 Å². The molecular weight excluding hydrogens is 393 g/mol. The molecule has 1 atom stereocenters. The summed E-state index contributed by atoms with van der Waals surface area (Å²) in [5, 5.41) is 3.65. The number of hydrogen-bond donors (Lipinski definition) is 1. The van der Waals surface area contributed by atoms with Crippen LogP contribution in [0, 0.1) is 17.7 Å². The van der Waals surface area contributed by atoms with Crippen LogP contribution in [0.15, 0.2) is 24.3 Å². The van der Waals surface area contributed by atoms with Crippen molar-refractivity contribution in [2.24, 2.45) is 11.8 Å². The van der Waals surface area contributed by atoms with E-state index in [0.717, 1.165) is 51.2 Å². The van der Waals surface area contributed by atoms with E-state index >= 15 is 0 Å². The first-order valence-electron chi connectivity index (χ1n) is 10.7. The third kappa shape index (κ3) is 5.70. The Morgan fingerprint density at radius 2 is 1.66 bits per heavy atom. The van der Waals surface area contributed by atoms with Crippen molar-refractivity contribution in [3.8, 4) is 0 Å². The molecule has 1 N–H and O–H groups in total. The van der Waals surface area contributed by atoms with Crippen LogP contribution >= 0.6 is 12.4 Å². The zero-order valence-electron chi connectivity index (χ0n) is 16.8. The van der Waals surface area contributed by atoms with Gasteiger partial charge in [-0.3, -0.25) is 9.59 Å². The summed E-state index contributed by atoms with van der Waals surface area (Å²) < 4.78 is 13.1. The van der Waals surface area contributed by atoms with Crippen molar-refractivity contribution in [3.63, 3.8) is 0 Å². The second-order valence-electron chi connectivity index (χ2n) is 8.55. The number of nitrogens with one attached hydrogen (secondary N) is 1. The molecule has 1 saturated carbocycles. The maximum atomic E-state index is 13.1. The van der Waals surface area contributed by atoms with E-state index in [1.165, 1.54) is 37.1 Å². The van der Waals surface area contributed by atoms with Crippen LogP contribution in [0.25, 0.3) is 0 Å². The van der Waals surface area contributed by atoms with E-state index in [1.54, 1.807) is 4.90 Å². The molecule has 0 spiro atoms. The van der Waals surface area contributed by atoms with E-state index in [-0.39, 0.29) is 36.0 Å². The highest BCUT2D eigenvalue weighted by atomic mass is 35.5. The molecule has 160 valence electrons. The number of hydrogen-bond acceptors (Lipinski definition) is 3. The van der Waals surface area contributed by atoms with Crippen LogP contribution in [0.3, 0.4) is 0 Å². The summed E-state index contributed by atoms with van der Waals surface area (Å²) in [6.45, 7) is 3.87. The molecule has 0 bridgehead atoms. The van der Waals surface area contributed by atoms with Gasteiger partial charge in [-0.05, 0) is 75.3 Å². The fraction of sp³-hybridized carbons (Fsp3) is 0.636. The lowest BCUT2D eigenvalue weighted by Crippen LogP contribution is -2.50. The Hall–Kier alpha value is -1.66. The Morgan fingerprint density at radius 1 is 0.966 bits per heavy atom. The summed E-state index contributed by atoms with van der Waals surface area (Å²) in [7, 11) is 0. The second-order valence-corrected chi connectivity index (χ2v) is 8.55. The van der Waals surface area contributed by atoms with E-state index in [0.29, 0.717) is 24.7 Å². The average molecular weight is 424 g/mol. The predicted octanol–water partition coefficient (Wildman–Crippen LogP) is 3.09. The fourth-order valence-corrected chi connectivity index (χ4v) is 4.36. The van der Waals surface area contributed by atoms with Gasteiger partial charge >= 0.3 is 0 Å². The van der Waals surface area contributed by atoms with Gasteiger partial charge in [-0.15, -0.1) is 12.4 Å². The maximum absolute atomic E-state index is 13.1. The van der Waals surface area contributed by atoms with E-state index in [4.69, 9.17) is 0 Å². The van der Waals surface area contributed by atoms with Crippen molar-refractivity contribution in [1.82, 2.24) is 15.1 Å². The molecule has 1 aliphatic carbocycles. The maximum Gasteiger partial charge on any atom is 0.253 e. The summed E-state index contributed by atoms with van der Waals surface area (Å²) in [4.78, 5) is 29.4. The lowest BCUT2D eigenvalue weighted by Gasteiger charge is -2.38. The van der Waals surface area contributed by atoms with Crippen LogP contribution in [0.1, 0.15) is 48.9 Å². The third-order valence-electron chi connectivity index (χ3n) is 6.35. The Kier molecular flexibility index (Phi) is 7.52. The number of amides is 2. The molecule has 0 radical (unpaired) electrons. The van der Waals surface area contributed by atoms with Crippen molar-refractivity contribution < 1.29 is 14.0 Å². The molecule has 7 heteroatoms. The van der Waals surface area contributed by atoms with Crippen LogP contribution in [-0.2, 0) is 4.79 Å². The Bertz CT molecular complexity index is 703. The standard InChI is InChI=1S/C22H30FN3O2.ClH/c23-19-7-5-17(6-8-19)21(27)26-11-1-2-18(15-26)22(28)25-12-9-20(10-13-25)24-14-16-3-4-16;/h5-8,16,18,20,24H,1-4,9-15H2;1H. The van der Waals surface area contributed by atoms with Gasteiger partial charge in [0.05, 0.1) is 5.92 Å². The molecule has 2 saturated heterocycles. The number of nitrogens with zero attached hydrogens (tertiary/aromatic N) is 2. The lowest BCUT2D eigenvalue weighted by molar-refractivity contribution is -0.138. The fourth-order valence-electron chi connectivity index (χ4n) is 4.36. The largest absolute Gasteiger partial charge is 0.342 e. The number of piperidine rings is 2. The number of halogens is 2. The average Bonchev–Trinajstić information content (AvgIpc) is 3.57. The molecule has 1 aromatic rings. The number of likely N-dealkylation sites (tertiary alicyclic amines) is 2. The molecule has 2 heterocycles. The minimum absolute atomic E-state index is 0. The summed E-state index contributed by atoms with van der Waals surface area (Å²) in [5.41, 5.74) is 0.483. The summed E-state index contributed by atoms with van der Waals surface area (Å²) in [5.74, 6) is 0.497. The highest BCUT2D eigenvalue weighted by molar-refractivity contribution is 5.94. The molecule has 3 aliphatic rings. The SMILES string of the molecule is Cl.O=C(c1ccc(F)cc1)N1CCCC(C(=O)N2CCC(NCC3CC3)CC2)C1. The van der Waals surface area contributed by atoms with E-state index in [1.807, 2.05) is 4.90 Å². The van der Waals surface area contributed by atoms with Crippen molar-refractivity contribution in [1.29, 1.82) is 0 Å². The summed E-state index contributed by atoms with van der Waals surface area (Å²) in [6.07, 6.45) is 6.43. The first-order chi connectivity index (χ1) is 13.6. The zero-order valence-corrected chi connectivity index (χ0v) is 17.6. The van der Waals surface area contributed by atoms with E-state index < -0.39 is 0 Å². The molecule has 0 aromatic heterocycles. The quantitative estimate of drug-likeness (QED) is 0.791. The molecule has 29 heavy (non-hydrogen) atoms. The molecule has 1 unspecified atom stereocenters. The highest BCUT2D eigenvalue weighted by Crippen LogP contribution is 2.28. The van der Waals surface area contributed by atoms with Crippen LogP contribution in [0.5, 0.6) is 0 Å². The molecular formula is C22H31ClFN3O2. The van der Waals surface area contributed by atoms with Crippen LogP contribution < -0.4 is 5.32 Å². The highest BCUT2D eigenvalue weighted by Gasteiger charge is 2.33. The van der Waals surface area contributed by atoms with Crippen molar-refractivity contribution in [2.45, 2.75) is 44.6 Å².